The molecule has 0 spiro atoms. The lowest BCUT2D eigenvalue weighted by Gasteiger charge is -2.51. The zero-order valence-electron chi connectivity index (χ0n) is 27.9. The summed E-state index contributed by atoms with van der Waals surface area (Å²) in [5.74, 6) is -0.614. The van der Waals surface area contributed by atoms with Gasteiger partial charge in [-0.05, 0) is 83.3 Å². The highest BCUT2D eigenvalue weighted by Crippen LogP contribution is 2.73. The number of hydrogen-bond acceptors (Lipinski definition) is 4. The lowest BCUT2D eigenvalue weighted by atomic mass is 9.65. The van der Waals surface area contributed by atoms with Crippen LogP contribution in [0.4, 0.5) is 4.39 Å². The van der Waals surface area contributed by atoms with Crippen molar-refractivity contribution in [2.45, 2.75) is 52.8 Å². The maximum atomic E-state index is 16.0. The fourth-order valence-corrected chi connectivity index (χ4v) is 10.3. The average molecular weight is 659 g/mol. The molecular weight excluding hydrogens is 614 g/mol. The molecule has 4 aromatic carbocycles. The molecule has 4 rings (SSSR count). The van der Waals surface area contributed by atoms with Gasteiger partial charge in [0.05, 0.1) is 0 Å². The predicted octanol–water partition coefficient (Wildman–Crippen LogP) is 8.67. The van der Waals surface area contributed by atoms with Crippen molar-refractivity contribution in [3.05, 3.63) is 136 Å². The fourth-order valence-electron chi connectivity index (χ4n) is 6.89. The standard InChI is InChI=1S/C38H44FO5PSi/c1-25-22-26(2)31(32(23-25)28-18-19-33(39)27(3)24-28)20-21-45(42,43-7)38(29-14-10-8-11-15-29,30-16-12-9-13-17-30)35(37(4,5)6)34(44-46)36(40)41/h8-24,34-35H,1-7,46H3,(H,40,41)/t34-,35?,45?/m0/s1. The number of aliphatic carboxylic acids is 1. The van der Waals surface area contributed by atoms with E-state index < -0.39 is 35.9 Å². The number of hydrogen-bond donors (Lipinski definition) is 1. The molecule has 5 nitrogen and oxygen atoms in total. The van der Waals surface area contributed by atoms with E-state index in [0.717, 1.165) is 27.8 Å². The summed E-state index contributed by atoms with van der Waals surface area (Å²) in [5.41, 5.74) is 5.61. The summed E-state index contributed by atoms with van der Waals surface area (Å²) in [6, 6.07) is 27.9. The van der Waals surface area contributed by atoms with Crippen LogP contribution < -0.4 is 0 Å². The molecule has 0 aliphatic carbocycles. The van der Waals surface area contributed by atoms with Crippen molar-refractivity contribution in [1.29, 1.82) is 0 Å². The molecule has 0 aliphatic rings. The van der Waals surface area contributed by atoms with Gasteiger partial charge >= 0.3 is 5.97 Å². The maximum Gasteiger partial charge on any atom is 0.331 e. The topological polar surface area (TPSA) is 72.8 Å². The van der Waals surface area contributed by atoms with Crippen LogP contribution in [0.15, 0.2) is 96.8 Å². The van der Waals surface area contributed by atoms with E-state index in [1.54, 1.807) is 18.8 Å². The minimum atomic E-state index is -4.04. The Morgan fingerprint density at radius 2 is 1.46 bits per heavy atom. The number of halogens is 1. The molecule has 0 amide bonds. The number of aryl methyl sites for hydroxylation is 3. The summed E-state index contributed by atoms with van der Waals surface area (Å²) in [5, 5.41) is 9.12. The van der Waals surface area contributed by atoms with Gasteiger partial charge in [-0.3, -0.25) is 4.57 Å². The first-order chi connectivity index (χ1) is 21.7. The third kappa shape index (κ3) is 6.61. The molecule has 4 aromatic rings. The van der Waals surface area contributed by atoms with Crippen LogP contribution in [0.25, 0.3) is 17.2 Å². The van der Waals surface area contributed by atoms with Gasteiger partial charge in [-0.1, -0.05) is 105 Å². The summed E-state index contributed by atoms with van der Waals surface area (Å²) in [4.78, 5) is 13.0. The first kappa shape index (κ1) is 35.2. The molecule has 46 heavy (non-hydrogen) atoms. The molecule has 0 saturated heterocycles. The van der Waals surface area contributed by atoms with Gasteiger partial charge in [0, 0.05) is 18.8 Å². The largest absolute Gasteiger partial charge is 0.479 e. The lowest BCUT2D eigenvalue weighted by molar-refractivity contribution is -0.151. The van der Waals surface area contributed by atoms with E-state index in [-0.39, 0.29) is 16.3 Å². The quantitative estimate of drug-likeness (QED) is 0.129. The second kappa shape index (κ2) is 14.0. The number of rotatable bonds is 11. The molecule has 8 heteroatoms. The summed E-state index contributed by atoms with van der Waals surface area (Å²) >= 11 is 0. The van der Waals surface area contributed by atoms with Crippen LogP contribution in [0.2, 0.25) is 0 Å². The van der Waals surface area contributed by atoms with E-state index >= 15 is 4.57 Å². The van der Waals surface area contributed by atoms with Gasteiger partial charge in [0.15, 0.2) is 0 Å². The Hall–Kier alpha value is -3.61. The van der Waals surface area contributed by atoms with Gasteiger partial charge in [0.25, 0.3) is 0 Å². The summed E-state index contributed by atoms with van der Waals surface area (Å²) in [6.45, 7) is 11.6. The Morgan fingerprint density at radius 3 is 1.91 bits per heavy atom. The SMILES string of the molecule is COP(=O)(C=Cc1c(C)cc(C)cc1-c1ccc(F)c(C)c1)C(c1ccccc1)(c1ccccc1)C([C@H](O[SiH3])C(=O)O)C(C)(C)C. The minimum Gasteiger partial charge on any atom is -0.479 e. The second-order valence-corrected chi connectivity index (χ2v) is 16.0. The molecule has 242 valence electrons. The fraction of sp³-hybridized carbons (Fsp3) is 0.289. The summed E-state index contributed by atoms with van der Waals surface area (Å²) in [6.07, 6.45) is 0.549. The third-order valence-electron chi connectivity index (χ3n) is 8.81. The predicted molar refractivity (Wildman–Crippen MR) is 189 cm³/mol. The van der Waals surface area contributed by atoms with Crippen molar-refractivity contribution in [1.82, 2.24) is 0 Å². The van der Waals surface area contributed by atoms with Crippen molar-refractivity contribution in [3.63, 3.8) is 0 Å². The lowest BCUT2D eigenvalue weighted by Crippen LogP contribution is -2.52. The van der Waals surface area contributed by atoms with Gasteiger partial charge in [-0.2, -0.15) is 0 Å². The summed E-state index contributed by atoms with van der Waals surface area (Å²) in [7, 11) is -2.46. The van der Waals surface area contributed by atoms with Crippen molar-refractivity contribution >= 4 is 29.9 Å². The molecule has 0 saturated carbocycles. The van der Waals surface area contributed by atoms with E-state index in [0.29, 0.717) is 16.7 Å². The highest BCUT2D eigenvalue weighted by atomic mass is 31.2. The van der Waals surface area contributed by atoms with E-state index in [9.17, 15) is 14.3 Å². The molecule has 0 bridgehead atoms. The van der Waals surface area contributed by atoms with Crippen molar-refractivity contribution < 1.29 is 27.8 Å². The Kier molecular flexibility index (Phi) is 10.7. The number of benzene rings is 4. The molecule has 1 N–H and O–H groups in total. The molecule has 0 aliphatic heterocycles. The molecule has 0 heterocycles. The van der Waals surface area contributed by atoms with Crippen molar-refractivity contribution in [2.24, 2.45) is 11.3 Å². The zero-order chi connectivity index (χ0) is 33.9. The van der Waals surface area contributed by atoms with Gasteiger partial charge in [-0.25, -0.2) is 9.18 Å². The maximum absolute atomic E-state index is 16.0. The number of carboxylic acid groups (broad SMARTS) is 1. The number of carboxylic acids is 1. The van der Waals surface area contributed by atoms with Crippen LogP contribution in [0, 0.1) is 37.9 Å². The summed E-state index contributed by atoms with van der Waals surface area (Å²) < 4.78 is 42.4. The Balaban J connectivity index is 2.14. The van der Waals surface area contributed by atoms with E-state index in [1.165, 1.54) is 13.2 Å². The first-order valence-corrected chi connectivity index (χ1v) is 17.8. The zero-order valence-corrected chi connectivity index (χ0v) is 30.8. The van der Waals surface area contributed by atoms with Crippen LogP contribution in [0.5, 0.6) is 0 Å². The Labute approximate surface area is 275 Å². The number of carbonyl (C=O) groups is 1. The Bertz CT molecular complexity index is 1730. The highest BCUT2D eigenvalue weighted by molar-refractivity contribution is 7.64. The van der Waals surface area contributed by atoms with Gasteiger partial charge in [0.1, 0.15) is 27.6 Å². The van der Waals surface area contributed by atoms with Gasteiger partial charge in [-0.15, -0.1) is 0 Å². The molecule has 3 atom stereocenters. The van der Waals surface area contributed by atoms with Crippen LogP contribution >= 0.6 is 7.37 Å². The van der Waals surface area contributed by atoms with E-state index in [2.05, 4.69) is 0 Å². The molecule has 0 radical (unpaired) electrons. The second-order valence-electron chi connectivity index (χ2n) is 12.9. The van der Waals surface area contributed by atoms with Gasteiger partial charge < -0.3 is 14.1 Å². The highest BCUT2D eigenvalue weighted by Gasteiger charge is 2.62. The van der Waals surface area contributed by atoms with E-state index in [1.807, 2.05) is 120 Å². The Morgan fingerprint density at radius 1 is 0.891 bits per heavy atom. The molecule has 0 fully saturated rings. The monoisotopic (exact) mass is 658 g/mol. The minimum absolute atomic E-state index is 0.155. The first-order valence-electron chi connectivity index (χ1n) is 15.3. The molecule has 0 aromatic heterocycles. The van der Waals surface area contributed by atoms with Crippen LogP contribution in [0.1, 0.15) is 54.2 Å². The average Bonchev–Trinajstić information content (AvgIpc) is 3.02. The molecular formula is C38H44FO5PSi. The molecule has 2 unspecified atom stereocenters. The van der Waals surface area contributed by atoms with Crippen LogP contribution in [0.3, 0.4) is 0 Å². The smallest absolute Gasteiger partial charge is 0.331 e. The van der Waals surface area contributed by atoms with Gasteiger partial charge in [0.2, 0.25) is 7.37 Å². The normalized spacial score (nSPS) is 15.0. The van der Waals surface area contributed by atoms with Crippen molar-refractivity contribution in [2.75, 3.05) is 7.11 Å². The van der Waals surface area contributed by atoms with Crippen molar-refractivity contribution in [3.8, 4) is 11.1 Å². The van der Waals surface area contributed by atoms with E-state index in [4.69, 9.17) is 8.95 Å². The van der Waals surface area contributed by atoms with Crippen LogP contribution in [-0.4, -0.2) is 34.8 Å². The van der Waals surface area contributed by atoms with Crippen LogP contribution in [-0.2, 0) is 23.5 Å². The third-order valence-corrected chi connectivity index (χ3v) is 12.2.